The summed E-state index contributed by atoms with van der Waals surface area (Å²) in [5.74, 6) is -0.155. The maximum absolute atomic E-state index is 13.5. The number of amides is 3. The van der Waals surface area contributed by atoms with Crippen LogP contribution in [0, 0.1) is 13.8 Å². The second-order valence-corrected chi connectivity index (χ2v) is 11.9. The Labute approximate surface area is 275 Å². The molecule has 3 amide bonds. The summed E-state index contributed by atoms with van der Waals surface area (Å²) in [5.41, 5.74) is 4.40. The SMILES string of the molecule is Cc1cccc(C)c1OCC(=O)NC(Cc1ccccc1)[C@@H](O)CC(Cc1ccccc1)NC(=O)C1CN(c2ccccc2)C(=O)O1. The van der Waals surface area contributed by atoms with E-state index in [0.29, 0.717) is 24.3 Å². The molecule has 1 fully saturated rings. The molecule has 9 nitrogen and oxygen atoms in total. The van der Waals surface area contributed by atoms with E-state index in [1.54, 1.807) is 12.1 Å². The Morgan fingerprint density at radius 2 is 1.40 bits per heavy atom. The highest BCUT2D eigenvalue weighted by atomic mass is 16.6. The minimum absolute atomic E-state index is 0.0718. The summed E-state index contributed by atoms with van der Waals surface area (Å²) >= 11 is 0. The van der Waals surface area contributed by atoms with Crippen LogP contribution in [0.5, 0.6) is 5.75 Å². The lowest BCUT2D eigenvalue weighted by Crippen LogP contribution is -2.51. The van der Waals surface area contributed by atoms with Crippen LogP contribution < -0.4 is 20.3 Å². The third-order valence-corrected chi connectivity index (χ3v) is 8.24. The van der Waals surface area contributed by atoms with Gasteiger partial charge in [-0.05, 0) is 67.5 Å². The zero-order valence-corrected chi connectivity index (χ0v) is 26.7. The molecule has 3 unspecified atom stereocenters. The van der Waals surface area contributed by atoms with Crippen LogP contribution in [-0.4, -0.2) is 60.5 Å². The fraction of sp³-hybridized carbons (Fsp3) is 0.289. The molecule has 0 spiro atoms. The molecule has 47 heavy (non-hydrogen) atoms. The Bertz CT molecular complexity index is 1610. The number of rotatable bonds is 14. The Morgan fingerprint density at radius 3 is 2.02 bits per heavy atom. The molecular weight excluding hydrogens is 594 g/mol. The number of nitrogens with zero attached hydrogens (tertiary/aromatic N) is 1. The fourth-order valence-corrected chi connectivity index (χ4v) is 5.82. The second-order valence-electron chi connectivity index (χ2n) is 11.9. The fourth-order valence-electron chi connectivity index (χ4n) is 5.82. The number of ether oxygens (including phenoxy) is 2. The largest absolute Gasteiger partial charge is 0.483 e. The maximum atomic E-state index is 13.5. The van der Waals surface area contributed by atoms with Crippen molar-refractivity contribution in [1.29, 1.82) is 0 Å². The van der Waals surface area contributed by atoms with Crippen LogP contribution in [0.25, 0.3) is 0 Å². The molecule has 3 N–H and O–H groups in total. The summed E-state index contributed by atoms with van der Waals surface area (Å²) in [4.78, 5) is 40.7. The predicted octanol–water partition coefficient (Wildman–Crippen LogP) is 4.91. The lowest BCUT2D eigenvalue weighted by Gasteiger charge is -2.29. The highest BCUT2D eigenvalue weighted by Gasteiger charge is 2.38. The molecule has 1 heterocycles. The smallest absolute Gasteiger partial charge is 0.415 e. The van der Waals surface area contributed by atoms with E-state index in [4.69, 9.17) is 9.47 Å². The molecule has 5 rings (SSSR count). The van der Waals surface area contributed by atoms with Gasteiger partial charge in [-0.25, -0.2) is 4.79 Å². The van der Waals surface area contributed by atoms with Crippen molar-refractivity contribution in [2.24, 2.45) is 0 Å². The molecule has 1 aliphatic rings. The summed E-state index contributed by atoms with van der Waals surface area (Å²) in [6, 6.07) is 32.9. The number of aliphatic hydroxyl groups excluding tert-OH is 1. The molecule has 4 aromatic carbocycles. The van der Waals surface area contributed by atoms with Gasteiger partial charge in [0.05, 0.1) is 18.7 Å². The number of hydrogen-bond donors (Lipinski definition) is 3. The molecule has 4 aromatic rings. The summed E-state index contributed by atoms with van der Waals surface area (Å²) in [7, 11) is 0. The van der Waals surface area contributed by atoms with Gasteiger partial charge in [-0.1, -0.05) is 97.1 Å². The molecular formula is C38H41N3O6. The first-order valence-corrected chi connectivity index (χ1v) is 15.8. The Morgan fingerprint density at radius 1 is 0.830 bits per heavy atom. The van der Waals surface area contributed by atoms with Crippen molar-refractivity contribution in [2.45, 2.75) is 57.4 Å². The number of para-hydroxylation sites is 2. The highest BCUT2D eigenvalue weighted by molar-refractivity contribution is 5.95. The topological polar surface area (TPSA) is 117 Å². The Kier molecular flexibility index (Phi) is 11.2. The Balaban J connectivity index is 1.29. The van der Waals surface area contributed by atoms with Crippen molar-refractivity contribution in [1.82, 2.24) is 10.6 Å². The van der Waals surface area contributed by atoms with Gasteiger partial charge in [0.1, 0.15) is 5.75 Å². The first-order valence-electron chi connectivity index (χ1n) is 15.8. The molecule has 4 atom stereocenters. The molecule has 1 aliphatic heterocycles. The quantitative estimate of drug-likeness (QED) is 0.181. The number of hydrogen-bond acceptors (Lipinski definition) is 6. The van der Waals surface area contributed by atoms with Gasteiger partial charge in [0.25, 0.3) is 11.8 Å². The molecule has 244 valence electrons. The van der Waals surface area contributed by atoms with E-state index in [1.807, 2.05) is 111 Å². The third kappa shape index (κ3) is 9.20. The van der Waals surface area contributed by atoms with Gasteiger partial charge in [-0.2, -0.15) is 0 Å². The number of cyclic esters (lactones) is 1. The van der Waals surface area contributed by atoms with Crippen molar-refractivity contribution in [3.63, 3.8) is 0 Å². The van der Waals surface area contributed by atoms with E-state index in [9.17, 15) is 19.5 Å². The van der Waals surface area contributed by atoms with E-state index in [-0.39, 0.29) is 25.5 Å². The Hall–Kier alpha value is -5.15. The van der Waals surface area contributed by atoms with E-state index in [0.717, 1.165) is 22.3 Å². The van der Waals surface area contributed by atoms with Gasteiger partial charge in [0.2, 0.25) is 0 Å². The van der Waals surface area contributed by atoms with Crippen molar-refractivity contribution < 1.29 is 29.0 Å². The molecule has 1 saturated heterocycles. The van der Waals surface area contributed by atoms with Gasteiger partial charge < -0.3 is 25.2 Å². The van der Waals surface area contributed by atoms with Gasteiger partial charge in [0.15, 0.2) is 12.7 Å². The number of aliphatic hydroxyl groups is 1. The van der Waals surface area contributed by atoms with E-state index < -0.39 is 36.3 Å². The standard InChI is InChI=1S/C38H41N3O6/c1-26-13-12-14-27(2)36(26)46-25-35(43)40-32(22-29-17-8-4-9-18-29)33(42)23-30(21-28-15-6-3-7-16-28)39-37(44)34-24-41(38(45)47-34)31-19-10-5-11-20-31/h3-20,30,32-34,42H,21-25H2,1-2H3,(H,39,44)(H,40,43)/t30?,32?,33-,34?/m0/s1. The molecule has 9 heteroatoms. The average molecular weight is 636 g/mol. The molecule has 0 aromatic heterocycles. The van der Waals surface area contributed by atoms with Crippen LogP contribution in [0.3, 0.4) is 0 Å². The summed E-state index contributed by atoms with van der Waals surface area (Å²) < 4.78 is 11.3. The van der Waals surface area contributed by atoms with Crippen LogP contribution >= 0.6 is 0 Å². The average Bonchev–Trinajstić information content (AvgIpc) is 3.47. The van der Waals surface area contributed by atoms with Gasteiger partial charge in [0, 0.05) is 11.7 Å². The van der Waals surface area contributed by atoms with Crippen LogP contribution in [0.1, 0.15) is 28.7 Å². The van der Waals surface area contributed by atoms with Crippen molar-refractivity contribution >= 4 is 23.6 Å². The van der Waals surface area contributed by atoms with Crippen molar-refractivity contribution in [3.05, 3.63) is 131 Å². The number of carbonyl (C=O) groups is 3. The monoisotopic (exact) mass is 635 g/mol. The molecule has 0 aliphatic carbocycles. The van der Waals surface area contributed by atoms with Crippen LogP contribution in [0.15, 0.2) is 109 Å². The number of carbonyl (C=O) groups excluding carboxylic acids is 3. The maximum Gasteiger partial charge on any atom is 0.415 e. The number of anilines is 1. The summed E-state index contributed by atoms with van der Waals surface area (Å²) in [6.07, 6.45) is -1.70. The van der Waals surface area contributed by atoms with Crippen LogP contribution in [0.4, 0.5) is 10.5 Å². The van der Waals surface area contributed by atoms with E-state index in [1.165, 1.54) is 4.90 Å². The summed E-state index contributed by atoms with van der Waals surface area (Å²) in [5, 5.41) is 17.7. The molecule has 0 saturated carbocycles. The predicted molar refractivity (Wildman–Crippen MR) is 180 cm³/mol. The zero-order valence-electron chi connectivity index (χ0n) is 26.7. The highest BCUT2D eigenvalue weighted by Crippen LogP contribution is 2.23. The van der Waals surface area contributed by atoms with Gasteiger partial charge >= 0.3 is 6.09 Å². The van der Waals surface area contributed by atoms with E-state index >= 15 is 0 Å². The van der Waals surface area contributed by atoms with Gasteiger partial charge in [-0.15, -0.1) is 0 Å². The number of benzene rings is 4. The summed E-state index contributed by atoms with van der Waals surface area (Å²) in [6.45, 7) is 3.71. The van der Waals surface area contributed by atoms with E-state index in [2.05, 4.69) is 10.6 Å². The normalized spacial score (nSPS) is 16.1. The first kappa shape index (κ1) is 33.2. The lowest BCUT2D eigenvalue weighted by molar-refractivity contribution is -0.129. The van der Waals surface area contributed by atoms with Crippen LogP contribution in [-0.2, 0) is 27.2 Å². The lowest BCUT2D eigenvalue weighted by atomic mass is 9.93. The van der Waals surface area contributed by atoms with Crippen molar-refractivity contribution in [3.8, 4) is 5.75 Å². The minimum atomic E-state index is -1.03. The number of nitrogens with one attached hydrogen (secondary N) is 2. The molecule has 0 radical (unpaired) electrons. The first-order chi connectivity index (χ1) is 22.8. The van der Waals surface area contributed by atoms with Crippen molar-refractivity contribution in [2.75, 3.05) is 18.1 Å². The van der Waals surface area contributed by atoms with Crippen LogP contribution in [0.2, 0.25) is 0 Å². The van der Waals surface area contributed by atoms with Gasteiger partial charge in [-0.3, -0.25) is 14.5 Å². The number of aryl methyl sites for hydroxylation is 2. The third-order valence-electron chi connectivity index (χ3n) is 8.24. The minimum Gasteiger partial charge on any atom is -0.483 e. The molecule has 0 bridgehead atoms. The zero-order chi connectivity index (χ0) is 33.2. The second kappa shape index (κ2) is 15.9.